The van der Waals surface area contributed by atoms with Crippen LogP contribution in [-0.2, 0) is 10.0 Å². The lowest BCUT2D eigenvalue weighted by molar-refractivity contribution is 0.417. The largest absolute Gasteiger partial charge is 0.495 e. The third kappa shape index (κ3) is 3.48. The van der Waals surface area contributed by atoms with Gasteiger partial charge in [0.2, 0.25) is 0 Å². The highest BCUT2D eigenvalue weighted by molar-refractivity contribution is 9.10. The number of hydrogen-bond donors (Lipinski definition) is 2. The van der Waals surface area contributed by atoms with Crippen molar-refractivity contribution in [2.45, 2.75) is 11.8 Å². The smallest absolute Gasteiger partial charge is 0.262 e. The molecular weight excluding hydrogens is 356 g/mol. The van der Waals surface area contributed by atoms with Gasteiger partial charge < -0.3 is 10.5 Å². The second kappa shape index (κ2) is 5.95. The lowest BCUT2D eigenvalue weighted by Gasteiger charge is -2.13. The first-order valence-corrected chi connectivity index (χ1v) is 8.33. The Kier molecular flexibility index (Phi) is 4.43. The number of methoxy groups -OCH3 is 1. The van der Waals surface area contributed by atoms with E-state index in [1.54, 1.807) is 31.2 Å². The Morgan fingerprint density at radius 1 is 1.19 bits per heavy atom. The molecule has 0 spiro atoms. The maximum absolute atomic E-state index is 12.4. The number of nitrogen functional groups attached to an aromatic ring is 1. The number of halogens is 1. The number of rotatable bonds is 4. The van der Waals surface area contributed by atoms with Crippen LogP contribution in [0, 0.1) is 6.92 Å². The van der Waals surface area contributed by atoms with E-state index in [4.69, 9.17) is 10.5 Å². The lowest BCUT2D eigenvalue weighted by Crippen LogP contribution is -2.14. The van der Waals surface area contributed by atoms with Crippen molar-refractivity contribution in [3.63, 3.8) is 0 Å². The van der Waals surface area contributed by atoms with Gasteiger partial charge >= 0.3 is 0 Å². The maximum atomic E-state index is 12.4. The van der Waals surface area contributed by atoms with Crippen LogP contribution in [0.3, 0.4) is 0 Å². The highest BCUT2D eigenvalue weighted by Crippen LogP contribution is 2.30. The summed E-state index contributed by atoms with van der Waals surface area (Å²) < 4.78 is 33.3. The number of hydrogen-bond acceptors (Lipinski definition) is 4. The molecule has 0 aromatic heterocycles. The molecule has 7 heteroatoms. The van der Waals surface area contributed by atoms with Crippen molar-refractivity contribution in [2.75, 3.05) is 17.6 Å². The minimum absolute atomic E-state index is 0.149. The van der Waals surface area contributed by atoms with Crippen LogP contribution < -0.4 is 15.2 Å². The van der Waals surface area contributed by atoms with E-state index >= 15 is 0 Å². The molecule has 0 aliphatic heterocycles. The van der Waals surface area contributed by atoms with Gasteiger partial charge in [0.15, 0.2) is 0 Å². The van der Waals surface area contributed by atoms with Gasteiger partial charge in [0.1, 0.15) is 5.75 Å². The monoisotopic (exact) mass is 370 g/mol. The summed E-state index contributed by atoms with van der Waals surface area (Å²) in [5.74, 6) is 0.439. The molecule has 0 saturated heterocycles. The van der Waals surface area contributed by atoms with Crippen LogP contribution in [0.4, 0.5) is 11.4 Å². The molecule has 0 bridgehead atoms. The molecule has 0 heterocycles. The van der Waals surface area contributed by atoms with Crippen molar-refractivity contribution >= 4 is 37.3 Å². The van der Waals surface area contributed by atoms with Gasteiger partial charge in [-0.25, -0.2) is 8.42 Å². The standard InChI is InChI=1S/C14H15BrN2O3S/c1-9-7-11(4-5-12(9)16)21(18,19)17-13-8-10(15)3-6-14(13)20-2/h3-8,17H,16H2,1-2H3. The number of anilines is 2. The zero-order valence-electron chi connectivity index (χ0n) is 11.6. The summed E-state index contributed by atoms with van der Waals surface area (Å²) in [6.45, 7) is 1.76. The molecule has 2 aromatic carbocycles. The first-order chi connectivity index (χ1) is 9.83. The number of nitrogens with two attached hydrogens (primary N) is 1. The molecule has 112 valence electrons. The van der Waals surface area contributed by atoms with Crippen LogP contribution >= 0.6 is 15.9 Å². The normalized spacial score (nSPS) is 11.2. The summed E-state index contributed by atoms with van der Waals surface area (Å²) in [5.41, 5.74) is 7.33. The van der Waals surface area contributed by atoms with Crippen LogP contribution in [0.5, 0.6) is 5.75 Å². The Morgan fingerprint density at radius 3 is 2.52 bits per heavy atom. The minimum Gasteiger partial charge on any atom is -0.495 e. The van der Waals surface area contributed by atoms with E-state index in [0.717, 1.165) is 4.47 Å². The van der Waals surface area contributed by atoms with Gasteiger partial charge in [0.25, 0.3) is 10.0 Å². The van der Waals surface area contributed by atoms with Gasteiger partial charge in [-0.3, -0.25) is 4.72 Å². The van der Waals surface area contributed by atoms with E-state index in [-0.39, 0.29) is 4.90 Å². The third-order valence-electron chi connectivity index (χ3n) is 2.96. The summed E-state index contributed by atoms with van der Waals surface area (Å²) in [6, 6.07) is 9.65. The number of sulfonamides is 1. The van der Waals surface area contributed by atoms with Crippen molar-refractivity contribution < 1.29 is 13.2 Å². The molecular formula is C14H15BrN2O3S. The fourth-order valence-corrected chi connectivity index (χ4v) is 3.29. The highest BCUT2D eigenvalue weighted by atomic mass is 79.9. The van der Waals surface area contributed by atoms with Gasteiger partial charge in [-0.15, -0.1) is 0 Å². The summed E-state index contributed by atoms with van der Waals surface area (Å²) in [5, 5.41) is 0. The average Bonchev–Trinajstić information content (AvgIpc) is 2.41. The van der Waals surface area contributed by atoms with E-state index in [2.05, 4.69) is 20.7 Å². The fraction of sp³-hybridized carbons (Fsp3) is 0.143. The second-order valence-corrected chi connectivity index (χ2v) is 7.07. The van der Waals surface area contributed by atoms with Crippen LogP contribution in [0.1, 0.15) is 5.56 Å². The molecule has 0 radical (unpaired) electrons. The fourth-order valence-electron chi connectivity index (χ4n) is 1.78. The molecule has 2 aromatic rings. The van der Waals surface area contributed by atoms with Gasteiger partial charge in [0.05, 0.1) is 17.7 Å². The zero-order chi connectivity index (χ0) is 15.6. The molecule has 0 atom stereocenters. The Morgan fingerprint density at radius 2 is 1.90 bits per heavy atom. The van der Waals surface area contributed by atoms with Crippen LogP contribution in [0.15, 0.2) is 45.8 Å². The molecule has 21 heavy (non-hydrogen) atoms. The Bertz CT molecular complexity index is 776. The summed E-state index contributed by atoms with van der Waals surface area (Å²) in [4.78, 5) is 0.149. The molecule has 0 amide bonds. The number of benzene rings is 2. The SMILES string of the molecule is COc1ccc(Br)cc1NS(=O)(=O)c1ccc(N)c(C)c1. The maximum Gasteiger partial charge on any atom is 0.262 e. The zero-order valence-corrected chi connectivity index (χ0v) is 14.0. The van der Waals surface area contributed by atoms with Gasteiger partial charge in [0, 0.05) is 10.2 Å². The Balaban J connectivity index is 2.41. The average molecular weight is 371 g/mol. The molecule has 0 unspecified atom stereocenters. The molecule has 5 nitrogen and oxygen atoms in total. The van der Waals surface area contributed by atoms with E-state index in [1.807, 2.05) is 0 Å². The predicted molar refractivity (Wildman–Crippen MR) is 87.1 cm³/mol. The second-order valence-electron chi connectivity index (χ2n) is 4.47. The van der Waals surface area contributed by atoms with Crippen molar-refractivity contribution in [1.29, 1.82) is 0 Å². The van der Waals surface area contributed by atoms with E-state index in [9.17, 15) is 8.42 Å². The molecule has 0 aliphatic carbocycles. The van der Waals surface area contributed by atoms with E-state index in [1.165, 1.54) is 19.2 Å². The number of aryl methyl sites for hydroxylation is 1. The van der Waals surface area contributed by atoms with Crippen LogP contribution in [0.25, 0.3) is 0 Å². The van der Waals surface area contributed by atoms with Crippen molar-refractivity contribution in [1.82, 2.24) is 0 Å². The first-order valence-electron chi connectivity index (χ1n) is 6.06. The third-order valence-corrected chi connectivity index (χ3v) is 4.81. The molecule has 3 N–H and O–H groups in total. The molecule has 0 saturated carbocycles. The Hall–Kier alpha value is -1.73. The highest BCUT2D eigenvalue weighted by Gasteiger charge is 2.17. The summed E-state index contributed by atoms with van der Waals surface area (Å²) in [6.07, 6.45) is 0. The number of nitrogens with one attached hydrogen (secondary N) is 1. The molecule has 0 fully saturated rings. The summed E-state index contributed by atoms with van der Waals surface area (Å²) in [7, 11) is -2.23. The van der Waals surface area contributed by atoms with Gasteiger partial charge in [-0.2, -0.15) is 0 Å². The predicted octanol–water partition coefficient (Wildman–Crippen LogP) is 3.15. The topological polar surface area (TPSA) is 81.4 Å². The van der Waals surface area contributed by atoms with Crippen molar-refractivity contribution in [3.05, 3.63) is 46.4 Å². The molecule has 2 rings (SSSR count). The van der Waals surface area contributed by atoms with Gasteiger partial charge in [-0.05, 0) is 48.9 Å². The first kappa shape index (κ1) is 15.7. The van der Waals surface area contributed by atoms with Crippen LogP contribution in [-0.4, -0.2) is 15.5 Å². The van der Waals surface area contributed by atoms with Gasteiger partial charge in [-0.1, -0.05) is 15.9 Å². The van der Waals surface area contributed by atoms with E-state index in [0.29, 0.717) is 22.7 Å². The molecule has 0 aliphatic rings. The Labute approximate surface area is 132 Å². The number of ether oxygens (including phenoxy) is 1. The van der Waals surface area contributed by atoms with E-state index < -0.39 is 10.0 Å². The van der Waals surface area contributed by atoms with Crippen LogP contribution in [0.2, 0.25) is 0 Å². The van der Waals surface area contributed by atoms with Crippen molar-refractivity contribution in [3.8, 4) is 5.75 Å². The lowest BCUT2D eigenvalue weighted by atomic mass is 10.2. The van der Waals surface area contributed by atoms with Crippen molar-refractivity contribution in [2.24, 2.45) is 0 Å². The minimum atomic E-state index is -3.71. The summed E-state index contributed by atoms with van der Waals surface area (Å²) >= 11 is 3.30. The quantitative estimate of drug-likeness (QED) is 0.809.